The molecule has 0 aliphatic heterocycles. The number of nitriles is 1. The van der Waals surface area contributed by atoms with Gasteiger partial charge in [0, 0.05) is 5.02 Å². The lowest BCUT2D eigenvalue weighted by Gasteiger charge is -2.12. The van der Waals surface area contributed by atoms with Crippen molar-refractivity contribution in [1.82, 2.24) is 0 Å². The number of nitrogens with zero attached hydrogens (tertiary/aromatic N) is 1. The molecule has 1 nitrogen and oxygen atoms in total. The molecule has 0 saturated heterocycles. The lowest BCUT2D eigenvalue weighted by molar-refractivity contribution is -0.137. The highest BCUT2D eigenvalue weighted by Gasteiger charge is 2.40. The number of hydrogen-bond acceptors (Lipinski definition) is 1. The lowest BCUT2D eigenvalue weighted by Crippen LogP contribution is -2.18. The van der Waals surface area contributed by atoms with Crippen molar-refractivity contribution < 1.29 is 13.2 Å². The summed E-state index contributed by atoms with van der Waals surface area (Å²) in [6.45, 7) is 0. The monoisotopic (exact) mass is 219 g/mol. The molecule has 74 valence electrons. The quantitative estimate of drug-likeness (QED) is 0.709. The van der Waals surface area contributed by atoms with Crippen molar-refractivity contribution in [2.75, 3.05) is 0 Å². The molecule has 0 fully saturated rings. The first-order valence-electron chi connectivity index (χ1n) is 3.67. The zero-order valence-electron chi connectivity index (χ0n) is 6.85. The third-order valence-corrected chi connectivity index (χ3v) is 1.91. The van der Waals surface area contributed by atoms with E-state index in [-0.39, 0.29) is 5.56 Å². The van der Waals surface area contributed by atoms with Crippen LogP contribution in [0.5, 0.6) is 0 Å². The van der Waals surface area contributed by atoms with Gasteiger partial charge in [0.1, 0.15) is 0 Å². The van der Waals surface area contributed by atoms with Crippen LogP contribution < -0.4 is 0 Å². The maximum atomic E-state index is 12.3. The molecule has 0 saturated carbocycles. The zero-order chi connectivity index (χ0) is 10.8. The first-order chi connectivity index (χ1) is 6.45. The smallest absolute Gasteiger partial charge is 0.197 e. The fraction of sp³-hybridized carbons (Fsp3) is 0.222. The van der Waals surface area contributed by atoms with Gasteiger partial charge in [-0.25, -0.2) is 0 Å². The first-order valence-corrected chi connectivity index (χ1v) is 4.04. The minimum Gasteiger partial charge on any atom is -0.197 e. The van der Waals surface area contributed by atoms with Crippen LogP contribution in [-0.2, 0) is 0 Å². The molecule has 0 heterocycles. The van der Waals surface area contributed by atoms with Crippen molar-refractivity contribution in [2.45, 2.75) is 12.1 Å². The maximum absolute atomic E-state index is 12.3. The van der Waals surface area contributed by atoms with Gasteiger partial charge in [0.05, 0.1) is 6.07 Å². The molecule has 1 aromatic rings. The largest absolute Gasteiger partial charge is 0.408 e. The van der Waals surface area contributed by atoms with Crippen LogP contribution in [0.15, 0.2) is 24.3 Å². The molecule has 0 N–H and O–H groups in total. The van der Waals surface area contributed by atoms with Crippen LogP contribution in [0, 0.1) is 11.3 Å². The predicted octanol–water partition coefficient (Wildman–Crippen LogP) is 3.51. The van der Waals surface area contributed by atoms with Crippen molar-refractivity contribution in [3.05, 3.63) is 34.9 Å². The van der Waals surface area contributed by atoms with E-state index in [0.29, 0.717) is 5.02 Å². The van der Waals surface area contributed by atoms with Crippen LogP contribution in [0.1, 0.15) is 11.5 Å². The Kier molecular flexibility index (Phi) is 3.02. The van der Waals surface area contributed by atoms with Crippen molar-refractivity contribution in [1.29, 1.82) is 5.26 Å². The third kappa shape index (κ3) is 2.39. The summed E-state index contributed by atoms with van der Waals surface area (Å²) in [5, 5.41) is 8.72. The number of hydrogen-bond donors (Lipinski definition) is 0. The van der Waals surface area contributed by atoms with Crippen LogP contribution in [-0.4, -0.2) is 6.18 Å². The van der Waals surface area contributed by atoms with E-state index < -0.39 is 12.1 Å². The molecule has 0 bridgehead atoms. The standard InChI is InChI=1S/C9H5ClF3N/c10-7-3-1-6(2-4-7)8(5-14)9(11,12)13/h1-4,8H/t8-/m1/s1. The lowest BCUT2D eigenvalue weighted by atomic mass is 10.0. The second kappa shape index (κ2) is 3.89. The number of alkyl halides is 3. The summed E-state index contributed by atoms with van der Waals surface area (Å²) < 4.78 is 36.8. The van der Waals surface area contributed by atoms with E-state index in [0.717, 1.165) is 0 Å². The maximum Gasteiger partial charge on any atom is 0.408 e. The van der Waals surface area contributed by atoms with Crippen molar-refractivity contribution >= 4 is 11.6 Å². The second-order valence-corrected chi connectivity index (χ2v) is 3.09. The van der Waals surface area contributed by atoms with Gasteiger partial charge in [-0.3, -0.25) is 0 Å². The third-order valence-electron chi connectivity index (χ3n) is 1.66. The predicted molar refractivity (Wildman–Crippen MR) is 45.9 cm³/mol. The summed E-state index contributed by atoms with van der Waals surface area (Å²) in [5.74, 6) is -2.08. The fourth-order valence-corrected chi connectivity index (χ4v) is 1.12. The Morgan fingerprint density at radius 2 is 1.71 bits per heavy atom. The Morgan fingerprint density at radius 1 is 1.21 bits per heavy atom. The summed E-state index contributed by atoms with van der Waals surface area (Å²) in [5.41, 5.74) is -0.0931. The Hall–Kier alpha value is -1.21. The van der Waals surface area contributed by atoms with Gasteiger partial charge in [-0.05, 0) is 17.7 Å². The number of halogens is 4. The molecule has 14 heavy (non-hydrogen) atoms. The van der Waals surface area contributed by atoms with E-state index in [1.54, 1.807) is 0 Å². The molecule has 1 aromatic carbocycles. The fourth-order valence-electron chi connectivity index (χ4n) is 0.992. The molecule has 1 atom stereocenters. The minimum absolute atomic E-state index is 0.0931. The highest BCUT2D eigenvalue weighted by Crippen LogP contribution is 2.34. The van der Waals surface area contributed by atoms with Gasteiger partial charge >= 0.3 is 6.18 Å². The van der Waals surface area contributed by atoms with Crippen molar-refractivity contribution in [2.24, 2.45) is 0 Å². The molecule has 0 aromatic heterocycles. The van der Waals surface area contributed by atoms with Gasteiger partial charge in [-0.15, -0.1) is 0 Å². The van der Waals surface area contributed by atoms with Gasteiger partial charge < -0.3 is 0 Å². The van der Waals surface area contributed by atoms with Gasteiger partial charge in [-0.1, -0.05) is 23.7 Å². The minimum atomic E-state index is -4.54. The molecular weight excluding hydrogens is 215 g/mol. The molecule has 1 rings (SSSR count). The van der Waals surface area contributed by atoms with Crippen LogP contribution in [0.3, 0.4) is 0 Å². The van der Waals surface area contributed by atoms with Crippen molar-refractivity contribution in [3.63, 3.8) is 0 Å². The molecule has 0 radical (unpaired) electrons. The van der Waals surface area contributed by atoms with Crippen molar-refractivity contribution in [3.8, 4) is 6.07 Å². The Labute approximate surface area is 83.7 Å². The van der Waals surface area contributed by atoms with Crippen LogP contribution >= 0.6 is 11.6 Å². The highest BCUT2D eigenvalue weighted by molar-refractivity contribution is 6.30. The molecule has 0 unspecified atom stereocenters. The van der Waals surface area contributed by atoms with E-state index in [9.17, 15) is 13.2 Å². The Morgan fingerprint density at radius 3 is 2.07 bits per heavy atom. The molecular formula is C9H5ClF3N. The molecule has 0 aliphatic carbocycles. The molecule has 0 aliphatic rings. The topological polar surface area (TPSA) is 23.8 Å². The van der Waals surface area contributed by atoms with E-state index in [4.69, 9.17) is 16.9 Å². The summed E-state index contributed by atoms with van der Waals surface area (Å²) in [7, 11) is 0. The normalized spacial score (nSPS) is 13.4. The van der Waals surface area contributed by atoms with Gasteiger partial charge in [0.15, 0.2) is 5.92 Å². The SMILES string of the molecule is N#C[C@H](c1ccc(Cl)cc1)C(F)(F)F. The van der Waals surface area contributed by atoms with Gasteiger partial charge in [0.2, 0.25) is 0 Å². The van der Waals surface area contributed by atoms with E-state index >= 15 is 0 Å². The van der Waals surface area contributed by atoms with E-state index in [1.165, 1.54) is 30.3 Å². The average molecular weight is 220 g/mol. The number of benzene rings is 1. The Balaban J connectivity index is 3.04. The van der Waals surface area contributed by atoms with Crippen LogP contribution in [0.4, 0.5) is 13.2 Å². The summed E-state index contributed by atoms with van der Waals surface area (Å²) in [6, 6.07) is 6.26. The highest BCUT2D eigenvalue weighted by atomic mass is 35.5. The summed E-state index contributed by atoms with van der Waals surface area (Å²) >= 11 is 5.51. The van der Waals surface area contributed by atoms with Gasteiger partial charge in [-0.2, -0.15) is 18.4 Å². The summed E-state index contributed by atoms with van der Waals surface area (Å²) in [6.07, 6.45) is -4.54. The molecule has 0 spiro atoms. The van der Waals surface area contributed by atoms with E-state index in [1.807, 2.05) is 0 Å². The Bertz CT molecular complexity index is 350. The second-order valence-electron chi connectivity index (χ2n) is 2.66. The number of rotatable bonds is 1. The first kappa shape index (κ1) is 10.9. The van der Waals surface area contributed by atoms with Crippen LogP contribution in [0.2, 0.25) is 5.02 Å². The van der Waals surface area contributed by atoms with Gasteiger partial charge in [0.25, 0.3) is 0 Å². The van der Waals surface area contributed by atoms with E-state index in [2.05, 4.69) is 0 Å². The average Bonchev–Trinajstić information content (AvgIpc) is 2.07. The summed E-state index contributed by atoms with van der Waals surface area (Å²) in [4.78, 5) is 0. The van der Waals surface area contributed by atoms with Crippen LogP contribution in [0.25, 0.3) is 0 Å². The zero-order valence-corrected chi connectivity index (χ0v) is 7.60. The molecule has 0 amide bonds. The molecule has 5 heteroatoms.